The van der Waals surface area contributed by atoms with E-state index in [2.05, 4.69) is 0 Å². The topological polar surface area (TPSA) is 138 Å². The molecule has 0 spiro atoms. The van der Waals surface area contributed by atoms with E-state index in [0.717, 1.165) is 0 Å². The quantitative estimate of drug-likeness (QED) is 0.323. The molecule has 4 rings (SSSR count). The molecule has 0 saturated heterocycles. The first kappa shape index (κ1) is 18.5. The van der Waals surface area contributed by atoms with E-state index < -0.39 is 58.1 Å². The lowest BCUT2D eigenvalue weighted by Crippen LogP contribution is -2.71. The molecule has 0 bridgehead atoms. The normalized spacial score (nSPS) is 59.3. The van der Waals surface area contributed by atoms with Gasteiger partial charge in [-0.15, -0.1) is 0 Å². The Morgan fingerprint density at radius 1 is 0.885 bits per heavy atom. The minimum atomic E-state index is -1.91. The SMILES string of the molecule is C[C@]12C[C@H](O)[C@H](O)C[C@@]1(O)C(=O)C=C1[C@@H]2[C@H](O)C[C@]2(C)[C@@H](O)CC[C@@]12O. The summed E-state index contributed by atoms with van der Waals surface area (Å²) in [6, 6.07) is 0. The van der Waals surface area contributed by atoms with Crippen molar-refractivity contribution in [1.82, 2.24) is 0 Å². The van der Waals surface area contributed by atoms with Crippen LogP contribution in [-0.4, -0.2) is 72.0 Å². The van der Waals surface area contributed by atoms with Crippen molar-refractivity contribution >= 4 is 5.78 Å². The van der Waals surface area contributed by atoms with Crippen molar-refractivity contribution in [3.63, 3.8) is 0 Å². The Morgan fingerprint density at radius 3 is 2.12 bits per heavy atom. The van der Waals surface area contributed by atoms with Crippen LogP contribution in [0.15, 0.2) is 11.6 Å². The smallest absolute Gasteiger partial charge is 0.187 e. The maximum absolute atomic E-state index is 12.9. The van der Waals surface area contributed by atoms with E-state index >= 15 is 0 Å². The Balaban J connectivity index is 1.91. The molecule has 6 N–H and O–H groups in total. The molecule has 4 aliphatic rings. The third-order valence-electron chi connectivity index (χ3n) is 8.20. The van der Waals surface area contributed by atoms with Crippen LogP contribution < -0.4 is 0 Å². The highest BCUT2D eigenvalue weighted by atomic mass is 16.3. The van der Waals surface area contributed by atoms with E-state index in [9.17, 15) is 35.4 Å². The molecule has 0 aliphatic heterocycles. The second kappa shape index (κ2) is 5.16. The van der Waals surface area contributed by atoms with Gasteiger partial charge in [0.2, 0.25) is 0 Å². The van der Waals surface area contributed by atoms with Crippen molar-refractivity contribution in [2.75, 3.05) is 0 Å². The molecule has 7 heteroatoms. The molecule has 0 radical (unpaired) electrons. The van der Waals surface area contributed by atoms with Crippen LogP contribution in [0, 0.1) is 16.7 Å². The minimum absolute atomic E-state index is 0.0647. The molecule has 26 heavy (non-hydrogen) atoms. The van der Waals surface area contributed by atoms with Crippen molar-refractivity contribution in [2.24, 2.45) is 16.7 Å². The number of fused-ring (bicyclic) bond motifs is 5. The predicted octanol–water partition coefficient (Wildman–Crippen LogP) is -0.979. The molecule has 3 fully saturated rings. The molecular formula is C19H28O7. The van der Waals surface area contributed by atoms with E-state index in [1.54, 1.807) is 13.8 Å². The average molecular weight is 368 g/mol. The zero-order chi connectivity index (χ0) is 19.3. The molecule has 9 atom stereocenters. The summed E-state index contributed by atoms with van der Waals surface area (Å²) in [5, 5.41) is 64.4. The molecule has 0 aromatic rings. The Hall–Kier alpha value is -0.830. The zero-order valence-corrected chi connectivity index (χ0v) is 15.1. The lowest BCUT2D eigenvalue weighted by atomic mass is 9.44. The lowest BCUT2D eigenvalue weighted by molar-refractivity contribution is -0.223. The summed E-state index contributed by atoms with van der Waals surface area (Å²) >= 11 is 0. The van der Waals surface area contributed by atoms with E-state index in [1.807, 2.05) is 0 Å². The average Bonchev–Trinajstić information content (AvgIpc) is 2.76. The summed E-state index contributed by atoms with van der Waals surface area (Å²) in [5.74, 6) is -1.36. The van der Waals surface area contributed by atoms with Gasteiger partial charge in [-0.2, -0.15) is 0 Å². The third kappa shape index (κ3) is 1.86. The highest BCUT2D eigenvalue weighted by Crippen LogP contribution is 2.66. The molecule has 0 aromatic heterocycles. The van der Waals surface area contributed by atoms with Gasteiger partial charge in [0.25, 0.3) is 0 Å². The van der Waals surface area contributed by atoms with Crippen LogP contribution >= 0.6 is 0 Å². The van der Waals surface area contributed by atoms with Crippen LogP contribution in [0.2, 0.25) is 0 Å². The molecule has 0 amide bonds. The number of aliphatic hydroxyl groups is 6. The monoisotopic (exact) mass is 368 g/mol. The maximum Gasteiger partial charge on any atom is 0.187 e. The maximum atomic E-state index is 12.9. The zero-order valence-electron chi connectivity index (χ0n) is 15.1. The van der Waals surface area contributed by atoms with Crippen LogP contribution in [0.5, 0.6) is 0 Å². The lowest BCUT2D eigenvalue weighted by Gasteiger charge is -2.63. The number of rotatable bonds is 0. The molecule has 0 aromatic carbocycles. The summed E-state index contributed by atoms with van der Waals surface area (Å²) in [6.45, 7) is 3.36. The minimum Gasteiger partial charge on any atom is -0.392 e. The standard InChI is InChI=1S/C19H28O7/c1-16-7-12(22)15-9(18(16,25)4-3-13(16)23)5-14(24)19(26)8-11(21)10(20)6-17(15,19)2/h5,10-13,15,20-23,25-26H,3-4,6-8H2,1-2H3/t10-,11+,12+,13-,15+,16+,17+,18+,19+/m0/s1. The highest BCUT2D eigenvalue weighted by molar-refractivity contribution is 6.00. The van der Waals surface area contributed by atoms with Crippen LogP contribution in [0.25, 0.3) is 0 Å². The first-order chi connectivity index (χ1) is 11.9. The Labute approximate surface area is 152 Å². The van der Waals surface area contributed by atoms with E-state index in [1.165, 1.54) is 6.08 Å². The number of carbonyl (C=O) groups is 1. The van der Waals surface area contributed by atoms with Gasteiger partial charge < -0.3 is 30.6 Å². The van der Waals surface area contributed by atoms with E-state index in [0.29, 0.717) is 12.0 Å². The van der Waals surface area contributed by atoms with Crippen LogP contribution in [0.1, 0.15) is 46.0 Å². The highest BCUT2D eigenvalue weighted by Gasteiger charge is 2.72. The number of hydrogen-bond acceptors (Lipinski definition) is 7. The van der Waals surface area contributed by atoms with Crippen molar-refractivity contribution < 1.29 is 35.4 Å². The number of ketones is 1. The van der Waals surface area contributed by atoms with Gasteiger partial charge in [-0.25, -0.2) is 0 Å². The first-order valence-corrected chi connectivity index (χ1v) is 9.34. The second-order valence-corrected chi connectivity index (χ2v) is 9.37. The molecule has 0 heterocycles. The van der Waals surface area contributed by atoms with Crippen LogP contribution in [0.4, 0.5) is 0 Å². The van der Waals surface area contributed by atoms with Gasteiger partial charge in [-0.3, -0.25) is 4.79 Å². The molecule has 4 aliphatic carbocycles. The van der Waals surface area contributed by atoms with Crippen molar-refractivity contribution in [3.05, 3.63) is 11.6 Å². The third-order valence-corrected chi connectivity index (χ3v) is 8.20. The van der Waals surface area contributed by atoms with Crippen molar-refractivity contribution in [2.45, 2.75) is 81.6 Å². The molecule has 7 nitrogen and oxygen atoms in total. The number of carbonyl (C=O) groups excluding carboxylic acids is 1. The fraction of sp³-hybridized carbons (Fsp3) is 0.842. The Kier molecular flexibility index (Phi) is 3.67. The molecular weight excluding hydrogens is 340 g/mol. The second-order valence-electron chi connectivity index (χ2n) is 9.37. The summed E-state index contributed by atoms with van der Waals surface area (Å²) in [4.78, 5) is 12.9. The molecule has 0 unspecified atom stereocenters. The van der Waals surface area contributed by atoms with Gasteiger partial charge in [0.1, 0.15) is 5.60 Å². The molecule has 3 saturated carbocycles. The summed E-state index contributed by atoms with van der Waals surface area (Å²) < 4.78 is 0. The number of aliphatic hydroxyl groups excluding tert-OH is 4. The fourth-order valence-corrected chi connectivity index (χ4v) is 6.44. The van der Waals surface area contributed by atoms with E-state index in [-0.39, 0.29) is 25.7 Å². The van der Waals surface area contributed by atoms with Gasteiger partial charge in [0.15, 0.2) is 5.78 Å². The predicted molar refractivity (Wildman–Crippen MR) is 89.8 cm³/mol. The summed E-state index contributed by atoms with van der Waals surface area (Å²) in [5.41, 5.74) is -5.22. The van der Waals surface area contributed by atoms with Crippen LogP contribution in [0.3, 0.4) is 0 Å². The van der Waals surface area contributed by atoms with Gasteiger partial charge in [0.05, 0.1) is 30.0 Å². The molecule has 146 valence electrons. The van der Waals surface area contributed by atoms with Gasteiger partial charge >= 0.3 is 0 Å². The number of hydrogen-bond donors (Lipinski definition) is 6. The van der Waals surface area contributed by atoms with Gasteiger partial charge in [-0.05, 0) is 37.3 Å². The largest absolute Gasteiger partial charge is 0.392 e. The van der Waals surface area contributed by atoms with Crippen molar-refractivity contribution in [3.8, 4) is 0 Å². The van der Waals surface area contributed by atoms with E-state index in [4.69, 9.17) is 0 Å². The van der Waals surface area contributed by atoms with Gasteiger partial charge in [-0.1, -0.05) is 13.8 Å². The Bertz CT molecular complexity index is 691. The Morgan fingerprint density at radius 2 is 1.46 bits per heavy atom. The van der Waals surface area contributed by atoms with Gasteiger partial charge in [0, 0.05) is 23.2 Å². The summed E-state index contributed by atoms with van der Waals surface area (Å²) in [6.07, 6.45) is -2.54. The summed E-state index contributed by atoms with van der Waals surface area (Å²) in [7, 11) is 0. The van der Waals surface area contributed by atoms with Crippen molar-refractivity contribution in [1.29, 1.82) is 0 Å². The first-order valence-electron chi connectivity index (χ1n) is 9.34. The fourth-order valence-electron chi connectivity index (χ4n) is 6.44. The van der Waals surface area contributed by atoms with Crippen LogP contribution in [-0.2, 0) is 4.79 Å².